The lowest BCUT2D eigenvalue weighted by atomic mass is 9.94. The number of rotatable bonds is 4. The fourth-order valence-electron chi connectivity index (χ4n) is 1.79. The second-order valence-electron chi connectivity index (χ2n) is 4.85. The molecule has 0 aromatic rings. The third-order valence-electron chi connectivity index (χ3n) is 3.11. The first kappa shape index (κ1) is 11.0. The molecule has 2 heteroatoms. The van der Waals surface area contributed by atoms with Crippen molar-refractivity contribution in [2.45, 2.75) is 57.5 Å². The predicted molar refractivity (Wildman–Crippen MR) is 58.0 cm³/mol. The maximum atomic E-state index is 3.65. The predicted octanol–water partition coefficient (Wildman–Crippen LogP) is 1.91. The monoisotopic (exact) mass is 184 g/mol. The summed E-state index contributed by atoms with van der Waals surface area (Å²) in [4.78, 5) is 0. The molecule has 1 aliphatic rings. The molecule has 0 amide bonds. The fourth-order valence-corrected chi connectivity index (χ4v) is 1.79. The molecule has 0 bridgehead atoms. The van der Waals surface area contributed by atoms with Crippen molar-refractivity contribution < 1.29 is 0 Å². The van der Waals surface area contributed by atoms with Crippen molar-refractivity contribution in [1.29, 1.82) is 0 Å². The van der Waals surface area contributed by atoms with E-state index < -0.39 is 0 Å². The largest absolute Gasteiger partial charge is 0.314 e. The molecule has 2 nitrogen and oxygen atoms in total. The molecule has 0 spiro atoms. The van der Waals surface area contributed by atoms with Crippen LogP contribution in [0.4, 0.5) is 0 Å². The molecule has 0 aliphatic heterocycles. The van der Waals surface area contributed by atoms with E-state index in [-0.39, 0.29) is 5.54 Å². The van der Waals surface area contributed by atoms with Gasteiger partial charge >= 0.3 is 0 Å². The van der Waals surface area contributed by atoms with Crippen LogP contribution in [0.2, 0.25) is 0 Å². The first-order valence-corrected chi connectivity index (χ1v) is 5.56. The van der Waals surface area contributed by atoms with E-state index in [0.29, 0.717) is 0 Å². The van der Waals surface area contributed by atoms with Gasteiger partial charge in [-0.25, -0.2) is 0 Å². The first-order valence-electron chi connectivity index (χ1n) is 5.56. The minimum Gasteiger partial charge on any atom is -0.314 e. The Hall–Kier alpha value is -0.0800. The molecule has 0 aromatic heterocycles. The summed E-state index contributed by atoms with van der Waals surface area (Å²) in [6.45, 7) is 5.56. The van der Waals surface area contributed by atoms with Gasteiger partial charge in [0.05, 0.1) is 0 Å². The van der Waals surface area contributed by atoms with Gasteiger partial charge in [-0.2, -0.15) is 0 Å². The lowest BCUT2D eigenvalue weighted by Crippen LogP contribution is -2.48. The van der Waals surface area contributed by atoms with E-state index in [1.165, 1.54) is 32.1 Å². The van der Waals surface area contributed by atoms with E-state index in [4.69, 9.17) is 0 Å². The maximum absolute atomic E-state index is 3.65. The zero-order valence-electron chi connectivity index (χ0n) is 9.32. The van der Waals surface area contributed by atoms with Gasteiger partial charge in [0.15, 0.2) is 0 Å². The summed E-state index contributed by atoms with van der Waals surface area (Å²) in [5.74, 6) is 0. The first-order chi connectivity index (χ1) is 6.14. The van der Waals surface area contributed by atoms with E-state index in [2.05, 4.69) is 24.5 Å². The fraction of sp³-hybridized carbons (Fsp3) is 1.00. The molecule has 1 aliphatic carbocycles. The molecule has 1 rings (SSSR count). The van der Waals surface area contributed by atoms with E-state index in [1.807, 2.05) is 7.05 Å². The minimum atomic E-state index is 0.234. The summed E-state index contributed by atoms with van der Waals surface area (Å²) in [7, 11) is 2.03. The Balaban J connectivity index is 2.17. The van der Waals surface area contributed by atoms with Gasteiger partial charge in [-0.15, -0.1) is 0 Å². The molecule has 0 radical (unpaired) electrons. The van der Waals surface area contributed by atoms with Crippen LogP contribution in [0, 0.1) is 0 Å². The smallest absolute Gasteiger partial charge is 0.0246 e. The van der Waals surface area contributed by atoms with Gasteiger partial charge in [-0.3, -0.25) is 0 Å². The van der Waals surface area contributed by atoms with Gasteiger partial charge in [0, 0.05) is 18.1 Å². The van der Waals surface area contributed by atoms with Gasteiger partial charge in [0.2, 0.25) is 0 Å². The number of nitrogens with one attached hydrogen (secondary N) is 2. The SMILES string of the molecule is CNC(C)(C)CNC1CCCCC1. The summed E-state index contributed by atoms with van der Waals surface area (Å²) in [6, 6.07) is 0.779. The quantitative estimate of drug-likeness (QED) is 0.697. The Bertz CT molecular complexity index is 137. The van der Waals surface area contributed by atoms with Crippen LogP contribution in [0.15, 0.2) is 0 Å². The van der Waals surface area contributed by atoms with Crippen LogP contribution in [0.25, 0.3) is 0 Å². The van der Waals surface area contributed by atoms with Crippen LogP contribution in [0.5, 0.6) is 0 Å². The van der Waals surface area contributed by atoms with Crippen molar-refractivity contribution in [3.63, 3.8) is 0 Å². The third kappa shape index (κ3) is 4.10. The van der Waals surface area contributed by atoms with Crippen LogP contribution < -0.4 is 10.6 Å². The van der Waals surface area contributed by atoms with Crippen molar-refractivity contribution in [1.82, 2.24) is 10.6 Å². The summed E-state index contributed by atoms with van der Waals surface area (Å²) in [5, 5.41) is 6.97. The Morgan fingerprint density at radius 1 is 1.15 bits per heavy atom. The van der Waals surface area contributed by atoms with Crippen LogP contribution in [0.3, 0.4) is 0 Å². The van der Waals surface area contributed by atoms with Crippen LogP contribution in [-0.4, -0.2) is 25.2 Å². The minimum absolute atomic E-state index is 0.234. The molecule has 13 heavy (non-hydrogen) atoms. The summed E-state index contributed by atoms with van der Waals surface area (Å²) < 4.78 is 0. The van der Waals surface area contributed by atoms with E-state index >= 15 is 0 Å². The third-order valence-corrected chi connectivity index (χ3v) is 3.11. The molecule has 1 saturated carbocycles. The molecule has 2 N–H and O–H groups in total. The van der Waals surface area contributed by atoms with Gasteiger partial charge in [0.25, 0.3) is 0 Å². The molecule has 1 fully saturated rings. The molecule has 0 aromatic carbocycles. The Morgan fingerprint density at radius 3 is 2.31 bits per heavy atom. The highest BCUT2D eigenvalue weighted by Gasteiger charge is 2.18. The standard InChI is InChI=1S/C11H24N2/c1-11(2,12-3)9-13-10-7-5-4-6-8-10/h10,12-13H,4-9H2,1-3H3. The van der Waals surface area contributed by atoms with Crippen molar-refractivity contribution in [2.24, 2.45) is 0 Å². The molecule has 78 valence electrons. The number of hydrogen-bond donors (Lipinski definition) is 2. The highest BCUT2D eigenvalue weighted by molar-refractivity contribution is 4.81. The Morgan fingerprint density at radius 2 is 1.77 bits per heavy atom. The summed E-state index contributed by atoms with van der Waals surface area (Å²) in [6.07, 6.45) is 7.02. The average molecular weight is 184 g/mol. The van der Waals surface area contributed by atoms with Crippen LogP contribution in [-0.2, 0) is 0 Å². The second kappa shape index (κ2) is 4.97. The number of hydrogen-bond acceptors (Lipinski definition) is 2. The molecule has 0 unspecified atom stereocenters. The summed E-state index contributed by atoms with van der Waals surface area (Å²) >= 11 is 0. The van der Waals surface area contributed by atoms with Crippen molar-refractivity contribution in [3.8, 4) is 0 Å². The van der Waals surface area contributed by atoms with Crippen molar-refractivity contribution >= 4 is 0 Å². The second-order valence-corrected chi connectivity index (χ2v) is 4.85. The van der Waals surface area contributed by atoms with Crippen LogP contribution >= 0.6 is 0 Å². The highest BCUT2D eigenvalue weighted by Crippen LogP contribution is 2.17. The molecular formula is C11H24N2. The van der Waals surface area contributed by atoms with Gasteiger partial charge in [0.1, 0.15) is 0 Å². The lowest BCUT2D eigenvalue weighted by Gasteiger charge is -2.29. The topological polar surface area (TPSA) is 24.1 Å². The molecule has 0 atom stereocenters. The zero-order chi connectivity index (χ0) is 9.73. The highest BCUT2D eigenvalue weighted by atomic mass is 15.0. The van der Waals surface area contributed by atoms with Gasteiger partial charge in [-0.05, 0) is 33.7 Å². The number of likely N-dealkylation sites (N-methyl/N-ethyl adjacent to an activating group) is 1. The van der Waals surface area contributed by atoms with Crippen molar-refractivity contribution in [3.05, 3.63) is 0 Å². The lowest BCUT2D eigenvalue weighted by molar-refractivity contribution is 0.319. The van der Waals surface area contributed by atoms with Gasteiger partial charge < -0.3 is 10.6 Å². The van der Waals surface area contributed by atoms with E-state index in [1.54, 1.807) is 0 Å². The molecular weight excluding hydrogens is 160 g/mol. The normalized spacial score (nSPS) is 20.5. The molecule has 0 heterocycles. The Labute approximate surface area is 82.5 Å². The maximum Gasteiger partial charge on any atom is 0.0246 e. The zero-order valence-corrected chi connectivity index (χ0v) is 9.32. The summed E-state index contributed by atoms with van der Waals surface area (Å²) in [5.41, 5.74) is 0.234. The van der Waals surface area contributed by atoms with Gasteiger partial charge in [-0.1, -0.05) is 19.3 Å². The van der Waals surface area contributed by atoms with Crippen LogP contribution in [0.1, 0.15) is 46.0 Å². The molecule has 0 saturated heterocycles. The average Bonchev–Trinajstić information content (AvgIpc) is 2.17. The Kier molecular flexibility index (Phi) is 4.20. The van der Waals surface area contributed by atoms with Crippen molar-refractivity contribution in [2.75, 3.05) is 13.6 Å². The van der Waals surface area contributed by atoms with E-state index in [0.717, 1.165) is 12.6 Å². The van der Waals surface area contributed by atoms with E-state index in [9.17, 15) is 0 Å².